The lowest BCUT2D eigenvalue weighted by molar-refractivity contribution is 0.0601. The molecule has 0 spiro atoms. The number of carbonyl (C=O) groups excluding carboxylic acids is 1. The topological polar surface area (TPSA) is 64.1 Å². The number of aromatic amines is 1. The highest BCUT2D eigenvalue weighted by Gasteiger charge is 2.19. The molecule has 0 atom stereocenters. The van der Waals surface area contributed by atoms with E-state index in [4.69, 9.17) is 34.8 Å². The Labute approximate surface area is 145 Å². The normalized spacial score (nSPS) is 11.0. The van der Waals surface area contributed by atoms with Gasteiger partial charge in [-0.25, -0.2) is 9.59 Å². The van der Waals surface area contributed by atoms with E-state index in [0.717, 1.165) is 0 Å². The molecular formula is C15H9Cl3N2O3. The summed E-state index contributed by atoms with van der Waals surface area (Å²) in [6.45, 7) is 0. The summed E-state index contributed by atoms with van der Waals surface area (Å²) in [5, 5.41) is 0.791. The van der Waals surface area contributed by atoms with Crippen molar-refractivity contribution in [2.75, 3.05) is 7.11 Å². The summed E-state index contributed by atoms with van der Waals surface area (Å²) in [4.78, 5) is 26.7. The molecule has 1 aromatic heterocycles. The molecule has 0 amide bonds. The van der Waals surface area contributed by atoms with Crippen molar-refractivity contribution in [1.29, 1.82) is 0 Å². The van der Waals surface area contributed by atoms with Crippen LogP contribution in [0, 0.1) is 0 Å². The van der Waals surface area contributed by atoms with E-state index in [9.17, 15) is 9.59 Å². The minimum Gasteiger partial charge on any atom is -0.465 e. The summed E-state index contributed by atoms with van der Waals surface area (Å²) in [7, 11) is 1.26. The molecular weight excluding hydrogens is 363 g/mol. The van der Waals surface area contributed by atoms with E-state index >= 15 is 0 Å². The Morgan fingerprint density at radius 3 is 2.39 bits per heavy atom. The third-order valence-corrected chi connectivity index (χ3v) is 4.21. The second kappa shape index (κ2) is 5.92. The number of imidazole rings is 1. The van der Waals surface area contributed by atoms with Gasteiger partial charge in [0.1, 0.15) is 0 Å². The first-order valence-corrected chi connectivity index (χ1v) is 7.54. The van der Waals surface area contributed by atoms with Crippen LogP contribution in [0.3, 0.4) is 0 Å². The largest absolute Gasteiger partial charge is 0.465 e. The van der Waals surface area contributed by atoms with Crippen LogP contribution in [0.1, 0.15) is 10.4 Å². The van der Waals surface area contributed by atoms with Crippen molar-refractivity contribution < 1.29 is 9.53 Å². The van der Waals surface area contributed by atoms with Crippen LogP contribution in [-0.2, 0) is 4.74 Å². The molecule has 3 aromatic rings. The summed E-state index contributed by atoms with van der Waals surface area (Å²) in [6.07, 6.45) is 0. The number of rotatable bonds is 2. The van der Waals surface area contributed by atoms with Crippen molar-refractivity contribution in [1.82, 2.24) is 9.55 Å². The number of halogens is 3. The number of aromatic nitrogens is 2. The lowest BCUT2D eigenvalue weighted by Gasteiger charge is -2.09. The van der Waals surface area contributed by atoms with Crippen LogP contribution in [0.2, 0.25) is 15.1 Å². The number of benzene rings is 2. The van der Waals surface area contributed by atoms with Gasteiger partial charge in [-0.3, -0.25) is 4.57 Å². The molecule has 0 fully saturated rings. The number of ether oxygens (including phenoxy) is 1. The molecule has 23 heavy (non-hydrogen) atoms. The fraction of sp³-hybridized carbons (Fsp3) is 0.0667. The van der Waals surface area contributed by atoms with E-state index in [2.05, 4.69) is 9.72 Å². The summed E-state index contributed by atoms with van der Waals surface area (Å²) in [5.41, 5.74) is 0.820. The number of carbonyl (C=O) groups is 1. The van der Waals surface area contributed by atoms with E-state index in [-0.39, 0.29) is 10.6 Å². The number of para-hydroxylation sites is 1. The molecule has 0 saturated carbocycles. The van der Waals surface area contributed by atoms with Gasteiger partial charge in [-0.15, -0.1) is 0 Å². The lowest BCUT2D eigenvalue weighted by atomic mass is 10.2. The highest BCUT2D eigenvalue weighted by Crippen LogP contribution is 2.32. The van der Waals surface area contributed by atoms with Gasteiger partial charge in [0.25, 0.3) is 0 Å². The van der Waals surface area contributed by atoms with Crippen molar-refractivity contribution in [2.24, 2.45) is 0 Å². The van der Waals surface area contributed by atoms with Gasteiger partial charge in [0.2, 0.25) is 0 Å². The molecule has 8 heteroatoms. The van der Waals surface area contributed by atoms with Crippen LogP contribution >= 0.6 is 34.8 Å². The second-order valence-electron chi connectivity index (χ2n) is 4.68. The lowest BCUT2D eigenvalue weighted by Crippen LogP contribution is -2.15. The maximum absolute atomic E-state index is 12.4. The van der Waals surface area contributed by atoms with Crippen molar-refractivity contribution >= 4 is 51.8 Å². The Morgan fingerprint density at radius 1 is 1.13 bits per heavy atom. The Kier molecular flexibility index (Phi) is 4.10. The van der Waals surface area contributed by atoms with Gasteiger partial charge in [-0.1, -0.05) is 40.9 Å². The molecule has 0 aliphatic carbocycles. The molecule has 1 heterocycles. The maximum atomic E-state index is 12.4. The van der Waals surface area contributed by atoms with Gasteiger partial charge < -0.3 is 9.72 Å². The highest BCUT2D eigenvalue weighted by atomic mass is 35.5. The summed E-state index contributed by atoms with van der Waals surface area (Å²) in [5.74, 6) is -0.557. The third kappa shape index (κ3) is 2.61. The summed E-state index contributed by atoms with van der Waals surface area (Å²) >= 11 is 18.6. The Bertz CT molecular complexity index is 971. The van der Waals surface area contributed by atoms with Crippen LogP contribution in [0.5, 0.6) is 0 Å². The van der Waals surface area contributed by atoms with Crippen molar-refractivity contribution in [2.45, 2.75) is 0 Å². The number of nitrogens with zero attached hydrogens (tertiary/aromatic N) is 1. The fourth-order valence-corrected chi connectivity index (χ4v) is 3.22. The van der Waals surface area contributed by atoms with Gasteiger partial charge in [-0.05, 0) is 24.3 Å². The molecule has 0 bridgehead atoms. The molecule has 118 valence electrons. The number of H-pyrrole nitrogens is 1. The molecule has 2 aromatic carbocycles. The fourth-order valence-electron chi connectivity index (χ4n) is 2.35. The maximum Gasteiger partial charge on any atom is 0.337 e. The third-order valence-electron chi connectivity index (χ3n) is 3.31. The zero-order valence-corrected chi connectivity index (χ0v) is 14.0. The Hall–Kier alpha value is -1.95. The Morgan fingerprint density at radius 2 is 1.78 bits per heavy atom. The molecule has 5 nitrogen and oxygen atoms in total. The first kappa shape index (κ1) is 15.9. The van der Waals surface area contributed by atoms with Crippen molar-refractivity contribution in [3.8, 4) is 5.69 Å². The minimum atomic E-state index is -0.557. The smallest absolute Gasteiger partial charge is 0.337 e. The first-order valence-electron chi connectivity index (χ1n) is 6.41. The van der Waals surface area contributed by atoms with Crippen molar-refractivity contribution in [3.05, 3.63) is 61.4 Å². The molecule has 0 aliphatic rings. The van der Waals surface area contributed by atoms with Crippen LogP contribution in [-0.4, -0.2) is 22.6 Å². The van der Waals surface area contributed by atoms with Gasteiger partial charge >= 0.3 is 11.7 Å². The average Bonchev–Trinajstić information content (AvgIpc) is 2.83. The minimum absolute atomic E-state index is 0.192. The number of esters is 1. The van der Waals surface area contributed by atoms with E-state index in [0.29, 0.717) is 26.8 Å². The molecule has 0 radical (unpaired) electrons. The van der Waals surface area contributed by atoms with Crippen molar-refractivity contribution in [3.63, 3.8) is 0 Å². The quantitative estimate of drug-likeness (QED) is 0.691. The van der Waals surface area contributed by atoms with Crippen LogP contribution < -0.4 is 5.69 Å². The highest BCUT2D eigenvalue weighted by molar-refractivity contribution is 6.38. The van der Waals surface area contributed by atoms with Crippen LogP contribution in [0.4, 0.5) is 0 Å². The predicted molar refractivity (Wildman–Crippen MR) is 90.3 cm³/mol. The number of fused-ring (bicyclic) bond motifs is 1. The van der Waals surface area contributed by atoms with Gasteiger partial charge in [0, 0.05) is 0 Å². The molecule has 0 unspecified atom stereocenters. The molecule has 1 N–H and O–H groups in total. The Balaban J connectivity index is 2.38. The van der Waals surface area contributed by atoms with E-state index in [1.54, 1.807) is 18.2 Å². The van der Waals surface area contributed by atoms with E-state index in [1.165, 1.54) is 23.8 Å². The number of hydrogen-bond donors (Lipinski definition) is 1. The summed E-state index contributed by atoms with van der Waals surface area (Å²) < 4.78 is 5.94. The monoisotopic (exact) mass is 370 g/mol. The van der Waals surface area contributed by atoms with E-state index < -0.39 is 11.7 Å². The average molecular weight is 372 g/mol. The standard InChI is InChI=1S/C15H9Cl3N2O3/c1-23-14(21)7-5-10(18)13-11(6-7)19-15(22)20(13)12-8(16)3-2-4-9(12)17/h2-6H,1H3,(H,19,22). The van der Waals surface area contributed by atoms with Crippen LogP contribution in [0.15, 0.2) is 35.1 Å². The number of methoxy groups -OCH3 is 1. The first-order chi connectivity index (χ1) is 10.9. The van der Waals surface area contributed by atoms with Gasteiger partial charge in [0.15, 0.2) is 0 Å². The van der Waals surface area contributed by atoms with E-state index in [1.807, 2.05) is 0 Å². The predicted octanol–water partition coefficient (Wildman–Crippen LogP) is 4.07. The zero-order valence-electron chi connectivity index (χ0n) is 11.7. The van der Waals surface area contributed by atoms with Gasteiger partial charge in [-0.2, -0.15) is 0 Å². The number of hydrogen-bond acceptors (Lipinski definition) is 3. The number of nitrogens with one attached hydrogen (secondary N) is 1. The molecule has 0 aliphatic heterocycles. The molecule has 0 saturated heterocycles. The zero-order chi connectivity index (χ0) is 16.7. The van der Waals surface area contributed by atoms with Gasteiger partial charge in [0.05, 0.1) is 44.5 Å². The molecule has 3 rings (SSSR count). The SMILES string of the molecule is COC(=O)c1cc(Cl)c2c(c1)[nH]c(=O)n2-c1c(Cl)cccc1Cl. The summed E-state index contributed by atoms with van der Waals surface area (Å²) in [6, 6.07) is 7.81. The van der Waals surface area contributed by atoms with Crippen LogP contribution in [0.25, 0.3) is 16.7 Å². The second-order valence-corrected chi connectivity index (χ2v) is 5.90.